The lowest BCUT2D eigenvalue weighted by atomic mass is 10.2. The summed E-state index contributed by atoms with van der Waals surface area (Å²) < 4.78 is 33.3. The Kier molecular flexibility index (Phi) is 8.05. The molecule has 10 heteroatoms. The van der Waals surface area contributed by atoms with E-state index in [-0.39, 0.29) is 54.1 Å². The van der Waals surface area contributed by atoms with Gasteiger partial charge in [-0.1, -0.05) is 12.1 Å². The van der Waals surface area contributed by atoms with Gasteiger partial charge in [0.1, 0.15) is 0 Å². The van der Waals surface area contributed by atoms with Gasteiger partial charge >= 0.3 is 0 Å². The number of nitrogens with one attached hydrogen (secondary N) is 1. The third kappa shape index (κ3) is 5.94. The summed E-state index contributed by atoms with van der Waals surface area (Å²) >= 11 is 1.54. The van der Waals surface area contributed by atoms with Crippen LogP contribution in [-0.2, 0) is 26.1 Å². The Bertz CT molecular complexity index is 1030. The Labute approximate surface area is 193 Å². The minimum atomic E-state index is -3.77. The second-order valence-corrected chi connectivity index (χ2v) is 10.8. The molecule has 1 aliphatic rings. The first-order valence-electron chi connectivity index (χ1n) is 10.5. The van der Waals surface area contributed by atoms with Gasteiger partial charge in [0.25, 0.3) is 5.91 Å². The normalized spacial score (nSPS) is 19.5. The molecule has 2 heterocycles. The summed E-state index contributed by atoms with van der Waals surface area (Å²) in [7, 11) is -3.77. The molecule has 1 aromatic carbocycles. The quantitative estimate of drug-likeness (QED) is 0.627. The second kappa shape index (κ2) is 10.6. The lowest BCUT2D eigenvalue weighted by Crippen LogP contribution is -2.48. The number of hydrogen-bond donors (Lipinski definition) is 1. The molecule has 0 saturated carbocycles. The van der Waals surface area contributed by atoms with E-state index in [9.17, 15) is 18.0 Å². The van der Waals surface area contributed by atoms with Crippen molar-refractivity contribution in [1.82, 2.24) is 14.5 Å². The van der Waals surface area contributed by atoms with Gasteiger partial charge < -0.3 is 15.0 Å². The molecule has 0 bridgehead atoms. The SMILES string of the molecule is CCN(CC(=O)NCc1cccs1)C(=O)c1cccc(S(=O)(=O)N2C[C@@H](C)O[C@H](C)C2)c1. The molecule has 2 amide bonds. The molecule has 1 fully saturated rings. The molecule has 1 aliphatic heterocycles. The number of benzene rings is 1. The molecule has 1 aromatic heterocycles. The van der Waals surface area contributed by atoms with E-state index in [0.717, 1.165) is 4.88 Å². The van der Waals surface area contributed by atoms with Gasteiger partial charge in [-0.15, -0.1) is 11.3 Å². The van der Waals surface area contributed by atoms with Crippen LogP contribution in [0.4, 0.5) is 0 Å². The highest BCUT2D eigenvalue weighted by molar-refractivity contribution is 7.89. The largest absolute Gasteiger partial charge is 0.373 e. The van der Waals surface area contributed by atoms with Crippen molar-refractivity contribution < 1.29 is 22.7 Å². The Morgan fingerprint density at radius 1 is 1.19 bits per heavy atom. The molecule has 0 spiro atoms. The first kappa shape index (κ1) is 24.4. The third-order valence-corrected chi connectivity index (χ3v) is 7.85. The lowest BCUT2D eigenvalue weighted by Gasteiger charge is -2.34. The molecular weight excluding hydrogens is 450 g/mol. The molecule has 8 nitrogen and oxygen atoms in total. The van der Waals surface area contributed by atoms with Crippen LogP contribution in [0.15, 0.2) is 46.7 Å². The minimum Gasteiger partial charge on any atom is -0.373 e. The lowest BCUT2D eigenvalue weighted by molar-refractivity contribution is -0.121. The molecule has 1 saturated heterocycles. The van der Waals surface area contributed by atoms with Crippen molar-refractivity contribution in [2.75, 3.05) is 26.2 Å². The summed E-state index contributed by atoms with van der Waals surface area (Å²) in [6, 6.07) is 9.83. The smallest absolute Gasteiger partial charge is 0.254 e. The first-order valence-corrected chi connectivity index (χ1v) is 12.9. The van der Waals surface area contributed by atoms with Gasteiger partial charge in [0.2, 0.25) is 15.9 Å². The van der Waals surface area contributed by atoms with Crippen molar-refractivity contribution in [2.45, 2.75) is 44.4 Å². The number of carbonyl (C=O) groups excluding carboxylic acids is 2. The van der Waals surface area contributed by atoms with Crippen LogP contribution < -0.4 is 5.32 Å². The number of thiophene rings is 1. The maximum Gasteiger partial charge on any atom is 0.254 e. The number of sulfonamides is 1. The Hall–Kier alpha value is -2.27. The summed E-state index contributed by atoms with van der Waals surface area (Å²) in [5.74, 6) is -0.659. The zero-order valence-corrected chi connectivity index (χ0v) is 20.1. The highest BCUT2D eigenvalue weighted by Crippen LogP contribution is 2.22. The molecule has 32 heavy (non-hydrogen) atoms. The van der Waals surface area contributed by atoms with Gasteiger partial charge in [-0.05, 0) is 50.4 Å². The number of hydrogen-bond acceptors (Lipinski definition) is 6. The van der Waals surface area contributed by atoms with E-state index in [1.165, 1.54) is 21.3 Å². The monoisotopic (exact) mass is 479 g/mol. The molecule has 1 N–H and O–H groups in total. The fraction of sp³-hybridized carbons (Fsp3) is 0.455. The molecule has 2 atom stereocenters. The third-order valence-electron chi connectivity index (χ3n) is 5.15. The van der Waals surface area contributed by atoms with Crippen LogP contribution in [0.3, 0.4) is 0 Å². The van der Waals surface area contributed by atoms with E-state index in [2.05, 4.69) is 5.32 Å². The molecule has 174 valence electrons. The highest BCUT2D eigenvalue weighted by Gasteiger charge is 2.32. The zero-order chi connectivity index (χ0) is 23.3. The molecule has 2 aromatic rings. The number of nitrogens with zero attached hydrogens (tertiary/aromatic N) is 2. The van der Waals surface area contributed by atoms with Crippen molar-refractivity contribution >= 4 is 33.2 Å². The number of ether oxygens (including phenoxy) is 1. The number of likely N-dealkylation sites (N-methyl/N-ethyl adjacent to an activating group) is 1. The summed E-state index contributed by atoms with van der Waals surface area (Å²) in [6.07, 6.45) is -0.414. The van der Waals surface area contributed by atoms with E-state index in [4.69, 9.17) is 4.74 Å². The van der Waals surface area contributed by atoms with Crippen molar-refractivity contribution in [3.63, 3.8) is 0 Å². The van der Waals surface area contributed by atoms with Gasteiger partial charge in [-0.2, -0.15) is 4.31 Å². The van der Waals surface area contributed by atoms with Crippen LogP contribution in [0.1, 0.15) is 36.0 Å². The zero-order valence-electron chi connectivity index (χ0n) is 18.5. The van der Waals surface area contributed by atoms with Gasteiger partial charge in [0.05, 0.1) is 30.2 Å². The van der Waals surface area contributed by atoms with Crippen LogP contribution in [0.2, 0.25) is 0 Å². The maximum absolute atomic E-state index is 13.2. The molecule has 0 aliphatic carbocycles. The topological polar surface area (TPSA) is 96.0 Å². The summed E-state index contributed by atoms with van der Waals surface area (Å²) in [6.45, 7) is 6.60. The molecular formula is C22H29N3O5S2. The maximum atomic E-state index is 13.2. The number of amides is 2. The van der Waals surface area contributed by atoms with Crippen LogP contribution in [-0.4, -0.2) is 67.8 Å². The van der Waals surface area contributed by atoms with Crippen molar-refractivity contribution in [3.8, 4) is 0 Å². The van der Waals surface area contributed by atoms with Crippen molar-refractivity contribution in [2.24, 2.45) is 0 Å². The number of rotatable bonds is 8. The van der Waals surface area contributed by atoms with E-state index < -0.39 is 10.0 Å². The molecule has 0 radical (unpaired) electrons. The standard InChI is InChI=1S/C22H29N3O5S2/c1-4-24(15-21(26)23-12-19-8-6-10-31-19)22(27)18-7-5-9-20(11-18)32(28,29)25-13-16(2)30-17(3)14-25/h5-11,16-17H,4,12-15H2,1-3H3,(H,23,26)/t16-,17-/m1/s1. The van der Waals surface area contributed by atoms with E-state index in [1.807, 2.05) is 31.4 Å². The second-order valence-electron chi connectivity index (χ2n) is 7.78. The number of carbonyl (C=O) groups is 2. The number of morpholine rings is 1. The summed E-state index contributed by atoms with van der Waals surface area (Å²) in [5.41, 5.74) is 0.230. The minimum absolute atomic E-state index is 0.0582. The van der Waals surface area contributed by atoms with E-state index in [1.54, 1.807) is 30.4 Å². The van der Waals surface area contributed by atoms with Gasteiger partial charge in [-0.25, -0.2) is 8.42 Å². The first-order chi connectivity index (χ1) is 15.2. The Morgan fingerprint density at radius 3 is 2.53 bits per heavy atom. The Morgan fingerprint density at radius 2 is 1.91 bits per heavy atom. The average molecular weight is 480 g/mol. The molecule has 3 rings (SSSR count). The van der Waals surface area contributed by atoms with E-state index >= 15 is 0 Å². The molecule has 0 unspecified atom stereocenters. The van der Waals surface area contributed by atoms with Gasteiger partial charge in [-0.3, -0.25) is 9.59 Å². The predicted octanol–water partition coefficient (Wildman–Crippen LogP) is 2.32. The summed E-state index contributed by atoms with van der Waals surface area (Å²) in [4.78, 5) is 27.8. The van der Waals surface area contributed by atoms with Crippen LogP contribution in [0.5, 0.6) is 0 Å². The predicted molar refractivity (Wildman–Crippen MR) is 123 cm³/mol. The van der Waals surface area contributed by atoms with Gasteiger partial charge in [0.15, 0.2) is 0 Å². The highest BCUT2D eigenvalue weighted by atomic mass is 32.2. The van der Waals surface area contributed by atoms with Crippen molar-refractivity contribution in [3.05, 3.63) is 52.2 Å². The average Bonchev–Trinajstić information content (AvgIpc) is 3.29. The Balaban J connectivity index is 1.70. The van der Waals surface area contributed by atoms with Gasteiger partial charge in [0, 0.05) is 30.1 Å². The summed E-state index contributed by atoms with van der Waals surface area (Å²) in [5, 5.41) is 4.74. The van der Waals surface area contributed by atoms with Crippen molar-refractivity contribution in [1.29, 1.82) is 0 Å². The fourth-order valence-electron chi connectivity index (χ4n) is 3.60. The van der Waals surface area contributed by atoms with Crippen LogP contribution >= 0.6 is 11.3 Å². The van der Waals surface area contributed by atoms with Crippen LogP contribution in [0, 0.1) is 0 Å². The van der Waals surface area contributed by atoms with E-state index in [0.29, 0.717) is 13.1 Å². The fourth-order valence-corrected chi connectivity index (χ4v) is 5.89. The van der Waals surface area contributed by atoms with Crippen LogP contribution in [0.25, 0.3) is 0 Å².